The quantitative estimate of drug-likeness (QED) is 0.904. The highest BCUT2D eigenvalue weighted by Gasteiger charge is 2.18. The van der Waals surface area contributed by atoms with Gasteiger partial charge in [0.15, 0.2) is 0 Å². The van der Waals surface area contributed by atoms with Crippen molar-refractivity contribution in [1.29, 1.82) is 0 Å². The summed E-state index contributed by atoms with van der Waals surface area (Å²) in [6.45, 7) is 11.7. The third-order valence-electron chi connectivity index (χ3n) is 4.02. The Morgan fingerprint density at radius 2 is 2.10 bits per heavy atom. The number of anilines is 1. The van der Waals surface area contributed by atoms with Crippen molar-refractivity contribution < 1.29 is 0 Å². The predicted molar refractivity (Wildman–Crippen MR) is 91.1 cm³/mol. The molecule has 0 radical (unpaired) electrons. The summed E-state index contributed by atoms with van der Waals surface area (Å²) in [4.78, 5) is 6.96. The first-order valence-electron chi connectivity index (χ1n) is 7.99. The Bertz CT molecular complexity index is 468. The van der Waals surface area contributed by atoms with Crippen LogP contribution in [0.4, 0.5) is 5.82 Å². The highest BCUT2D eigenvalue weighted by molar-refractivity contribution is 6.33. The van der Waals surface area contributed by atoms with Crippen LogP contribution in [0.25, 0.3) is 0 Å². The van der Waals surface area contributed by atoms with Crippen molar-refractivity contribution in [1.82, 2.24) is 10.3 Å². The Kier molecular flexibility index (Phi) is 5.50. The molecule has 2 heterocycles. The topological polar surface area (TPSA) is 28.2 Å². The first-order chi connectivity index (χ1) is 9.85. The largest absolute Gasteiger partial charge is 0.355 e. The highest BCUT2D eigenvalue weighted by atomic mass is 35.5. The van der Waals surface area contributed by atoms with Crippen LogP contribution in [-0.2, 0) is 6.54 Å². The summed E-state index contributed by atoms with van der Waals surface area (Å²) in [6, 6.07) is 2.05. The second-order valence-corrected chi connectivity index (χ2v) is 7.68. The van der Waals surface area contributed by atoms with Gasteiger partial charge in [-0.25, -0.2) is 4.98 Å². The van der Waals surface area contributed by atoms with Crippen molar-refractivity contribution in [2.24, 2.45) is 5.92 Å². The standard InChI is InChI=1S/C17H28ClN3/c1-13-6-5-8-21(9-7-13)16-15(18)10-14(11-19-16)12-20-17(2,3)4/h10-11,13,20H,5-9,12H2,1-4H3. The number of aromatic nitrogens is 1. The van der Waals surface area contributed by atoms with Gasteiger partial charge in [0, 0.05) is 31.4 Å². The van der Waals surface area contributed by atoms with Crippen molar-refractivity contribution in [2.75, 3.05) is 18.0 Å². The molecule has 0 spiro atoms. The minimum absolute atomic E-state index is 0.103. The molecule has 1 saturated heterocycles. The molecule has 1 aliphatic rings. The van der Waals surface area contributed by atoms with Gasteiger partial charge in [-0.3, -0.25) is 0 Å². The molecule has 0 bridgehead atoms. The van der Waals surface area contributed by atoms with E-state index in [-0.39, 0.29) is 5.54 Å². The SMILES string of the molecule is CC1CCCN(c2ncc(CNC(C)(C)C)cc2Cl)CC1. The molecule has 21 heavy (non-hydrogen) atoms. The lowest BCUT2D eigenvalue weighted by Gasteiger charge is -2.24. The normalized spacial score (nSPS) is 20.4. The zero-order valence-corrected chi connectivity index (χ0v) is 14.5. The van der Waals surface area contributed by atoms with Gasteiger partial charge in [0.05, 0.1) is 5.02 Å². The van der Waals surface area contributed by atoms with Crippen LogP contribution >= 0.6 is 11.6 Å². The first-order valence-corrected chi connectivity index (χ1v) is 8.37. The molecule has 1 fully saturated rings. The zero-order chi connectivity index (χ0) is 15.5. The number of pyridine rings is 1. The van der Waals surface area contributed by atoms with Crippen molar-refractivity contribution in [3.63, 3.8) is 0 Å². The Morgan fingerprint density at radius 1 is 1.33 bits per heavy atom. The molecule has 0 aliphatic carbocycles. The fourth-order valence-electron chi connectivity index (χ4n) is 2.64. The minimum Gasteiger partial charge on any atom is -0.355 e. The molecule has 0 saturated carbocycles. The Balaban J connectivity index is 2.04. The van der Waals surface area contributed by atoms with E-state index in [1.807, 2.05) is 6.20 Å². The molecule has 1 unspecified atom stereocenters. The van der Waals surface area contributed by atoms with Crippen LogP contribution in [0.2, 0.25) is 5.02 Å². The van der Waals surface area contributed by atoms with E-state index in [9.17, 15) is 0 Å². The van der Waals surface area contributed by atoms with Crippen molar-refractivity contribution in [3.05, 3.63) is 22.8 Å². The van der Waals surface area contributed by atoms with Gasteiger partial charge >= 0.3 is 0 Å². The lowest BCUT2D eigenvalue weighted by molar-refractivity contribution is 0.424. The predicted octanol–water partition coefficient (Wildman–Crippen LogP) is 4.25. The summed E-state index contributed by atoms with van der Waals surface area (Å²) in [5, 5.41) is 4.24. The van der Waals surface area contributed by atoms with Crippen molar-refractivity contribution >= 4 is 17.4 Å². The third kappa shape index (κ3) is 5.15. The maximum atomic E-state index is 6.47. The van der Waals surface area contributed by atoms with E-state index in [0.717, 1.165) is 42.0 Å². The van der Waals surface area contributed by atoms with Gasteiger partial charge in [-0.1, -0.05) is 18.5 Å². The number of nitrogens with one attached hydrogen (secondary N) is 1. The molecule has 118 valence electrons. The van der Waals surface area contributed by atoms with Gasteiger partial charge in [0.25, 0.3) is 0 Å². The number of hydrogen-bond donors (Lipinski definition) is 1. The van der Waals surface area contributed by atoms with Gasteiger partial charge < -0.3 is 10.2 Å². The first kappa shape index (κ1) is 16.6. The molecular weight excluding hydrogens is 282 g/mol. The second kappa shape index (κ2) is 6.97. The molecule has 2 rings (SSSR count). The molecule has 0 amide bonds. The van der Waals surface area contributed by atoms with Crippen LogP contribution in [0.3, 0.4) is 0 Å². The van der Waals surface area contributed by atoms with E-state index < -0.39 is 0 Å². The minimum atomic E-state index is 0.103. The average Bonchev–Trinajstić information content (AvgIpc) is 2.61. The third-order valence-corrected chi connectivity index (χ3v) is 4.30. The summed E-state index contributed by atoms with van der Waals surface area (Å²) in [5.74, 6) is 1.76. The van der Waals surface area contributed by atoms with Gasteiger partial charge in [-0.05, 0) is 57.6 Å². The number of halogens is 1. The van der Waals surface area contributed by atoms with E-state index in [4.69, 9.17) is 11.6 Å². The number of hydrogen-bond acceptors (Lipinski definition) is 3. The van der Waals surface area contributed by atoms with E-state index in [1.165, 1.54) is 19.3 Å². The van der Waals surface area contributed by atoms with Crippen LogP contribution in [0.1, 0.15) is 52.5 Å². The molecular formula is C17H28ClN3. The van der Waals surface area contributed by atoms with E-state index in [1.54, 1.807) is 0 Å². The van der Waals surface area contributed by atoms with Crippen molar-refractivity contribution in [2.45, 2.75) is 59.0 Å². The maximum Gasteiger partial charge on any atom is 0.147 e. The molecule has 3 nitrogen and oxygen atoms in total. The second-order valence-electron chi connectivity index (χ2n) is 7.28. The molecule has 1 aliphatic heterocycles. The number of rotatable bonds is 3. The summed E-state index contributed by atoms with van der Waals surface area (Å²) in [6.07, 6.45) is 5.72. The smallest absolute Gasteiger partial charge is 0.147 e. The van der Waals surface area contributed by atoms with E-state index in [0.29, 0.717) is 0 Å². The van der Waals surface area contributed by atoms with Crippen molar-refractivity contribution in [3.8, 4) is 0 Å². The summed E-state index contributed by atoms with van der Waals surface area (Å²) in [5.41, 5.74) is 1.24. The summed E-state index contributed by atoms with van der Waals surface area (Å²) in [7, 11) is 0. The lowest BCUT2D eigenvalue weighted by atomic mass is 10.0. The highest BCUT2D eigenvalue weighted by Crippen LogP contribution is 2.27. The van der Waals surface area contributed by atoms with E-state index in [2.05, 4.69) is 49.0 Å². The maximum absolute atomic E-state index is 6.47. The van der Waals surface area contributed by atoms with Gasteiger partial charge in [-0.2, -0.15) is 0 Å². The fourth-order valence-corrected chi connectivity index (χ4v) is 2.95. The van der Waals surface area contributed by atoms with Gasteiger partial charge in [0.1, 0.15) is 5.82 Å². The molecule has 4 heteroatoms. The summed E-state index contributed by atoms with van der Waals surface area (Å²) < 4.78 is 0. The monoisotopic (exact) mass is 309 g/mol. The fraction of sp³-hybridized carbons (Fsp3) is 0.706. The van der Waals surface area contributed by atoms with Gasteiger partial charge in [0.2, 0.25) is 0 Å². The molecule has 1 aromatic rings. The molecule has 0 aromatic carbocycles. The lowest BCUT2D eigenvalue weighted by Crippen LogP contribution is -2.35. The Labute approximate surface area is 134 Å². The zero-order valence-electron chi connectivity index (χ0n) is 13.7. The molecule has 1 N–H and O–H groups in total. The average molecular weight is 310 g/mol. The number of nitrogens with zero attached hydrogens (tertiary/aromatic N) is 2. The van der Waals surface area contributed by atoms with Crippen LogP contribution in [0.15, 0.2) is 12.3 Å². The summed E-state index contributed by atoms with van der Waals surface area (Å²) >= 11 is 6.47. The Hall–Kier alpha value is -0.800. The van der Waals surface area contributed by atoms with Crippen LogP contribution < -0.4 is 10.2 Å². The van der Waals surface area contributed by atoms with E-state index >= 15 is 0 Å². The Morgan fingerprint density at radius 3 is 2.76 bits per heavy atom. The molecule has 1 atom stereocenters. The van der Waals surface area contributed by atoms with Crippen LogP contribution in [-0.4, -0.2) is 23.6 Å². The van der Waals surface area contributed by atoms with Crippen LogP contribution in [0, 0.1) is 5.92 Å². The molecule has 1 aromatic heterocycles. The van der Waals surface area contributed by atoms with Crippen LogP contribution in [0.5, 0.6) is 0 Å². The van der Waals surface area contributed by atoms with Gasteiger partial charge in [-0.15, -0.1) is 0 Å².